The lowest BCUT2D eigenvalue weighted by molar-refractivity contribution is -0.146. The second-order valence-electron chi connectivity index (χ2n) is 7.83. The SMILES string of the molecule is COC(=O)[C@@H]1CC[C@@H](c2ccc(C(F)(F)F)cc2)N(c2ccc(C(C)C)cc2)C1. The zero-order valence-electron chi connectivity index (χ0n) is 16.9. The average molecular weight is 405 g/mol. The van der Waals surface area contributed by atoms with Crippen LogP contribution < -0.4 is 4.90 Å². The molecule has 2 aromatic rings. The van der Waals surface area contributed by atoms with Gasteiger partial charge in [-0.2, -0.15) is 13.2 Å². The van der Waals surface area contributed by atoms with Crippen LogP contribution in [-0.2, 0) is 15.7 Å². The number of halogens is 3. The minimum Gasteiger partial charge on any atom is -0.469 e. The maximum atomic E-state index is 12.9. The molecule has 1 aliphatic rings. The van der Waals surface area contributed by atoms with Crippen molar-refractivity contribution in [2.24, 2.45) is 5.92 Å². The number of carbonyl (C=O) groups is 1. The number of piperidine rings is 1. The molecule has 3 nitrogen and oxygen atoms in total. The molecule has 0 saturated carbocycles. The topological polar surface area (TPSA) is 29.5 Å². The smallest absolute Gasteiger partial charge is 0.416 e. The molecule has 0 unspecified atom stereocenters. The zero-order valence-corrected chi connectivity index (χ0v) is 16.9. The highest BCUT2D eigenvalue weighted by atomic mass is 19.4. The van der Waals surface area contributed by atoms with Gasteiger partial charge in [0, 0.05) is 12.2 Å². The van der Waals surface area contributed by atoms with Crippen molar-refractivity contribution in [3.05, 3.63) is 65.2 Å². The van der Waals surface area contributed by atoms with Crippen LogP contribution >= 0.6 is 0 Å². The van der Waals surface area contributed by atoms with Gasteiger partial charge in [-0.15, -0.1) is 0 Å². The van der Waals surface area contributed by atoms with Crippen molar-refractivity contribution in [2.75, 3.05) is 18.6 Å². The maximum absolute atomic E-state index is 12.9. The van der Waals surface area contributed by atoms with E-state index in [4.69, 9.17) is 4.74 Å². The number of anilines is 1. The van der Waals surface area contributed by atoms with Crippen molar-refractivity contribution in [1.29, 1.82) is 0 Å². The van der Waals surface area contributed by atoms with Gasteiger partial charge < -0.3 is 9.64 Å². The summed E-state index contributed by atoms with van der Waals surface area (Å²) in [6, 6.07) is 13.4. The number of ether oxygens (including phenoxy) is 1. The molecule has 0 bridgehead atoms. The van der Waals surface area contributed by atoms with Crippen LogP contribution in [0.3, 0.4) is 0 Å². The summed E-state index contributed by atoms with van der Waals surface area (Å²) in [6.45, 7) is 4.71. The van der Waals surface area contributed by atoms with E-state index in [0.717, 1.165) is 23.4 Å². The average Bonchev–Trinajstić information content (AvgIpc) is 2.72. The van der Waals surface area contributed by atoms with Gasteiger partial charge in [0.1, 0.15) is 0 Å². The third kappa shape index (κ3) is 4.74. The van der Waals surface area contributed by atoms with E-state index in [9.17, 15) is 18.0 Å². The second kappa shape index (κ2) is 8.47. The van der Waals surface area contributed by atoms with Gasteiger partial charge in [-0.1, -0.05) is 38.1 Å². The molecule has 156 valence electrons. The standard InChI is InChI=1S/C23H26F3NO2/c1-15(2)16-6-11-20(12-7-16)27-14-18(22(28)29-3)8-13-21(27)17-4-9-19(10-5-17)23(24,25)26/h4-7,9-12,15,18,21H,8,13-14H2,1-3H3/t18-,21+/m1/s1. The number of benzene rings is 2. The molecule has 0 N–H and O–H groups in total. The Hall–Kier alpha value is -2.50. The first-order valence-electron chi connectivity index (χ1n) is 9.82. The fourth-order valence-electron chi connectivity index (χ4n) is 3.91. The number of carbonyl (C=O) groups excluding carboxylic acids is 1. The highest BCUT2D eigenvalue weighted by molar-refractivity contribution is 5.73. The first kappa shape index (κ1) is 21.2. The van der Waals surface area contributed by atoms with E-state index in [1.165, 1.54) is 12.7 Å². The summed E-state index contributed by atoms with van der Waals surface area (Å²) in [5.74, 6) is -0.103. The first-order chi connectivity index (χ1) is 13.7. The summed E-state index contributed by atoms with van der Waals surface area (Å²) < 4.78 is 43.7. The van der Waals surface area contributed by atoms with Crippen molar-refractivity contribution in [1.82, 2.24) is 0 Å². The van der Waals surface area contributed by atoms with Crippen LogP contribution in [0.2, 0.25) is 0 Å². The third-order valence-electron chi connectivity index (χ3n) is 5.63. The second-order valence-corrected chi connectivity index (χ2v) is 7.83. The summed E-state index contributed by atoms with van der Waals surface area (Å²) in [4.78, 5) is 14.2. The van der Waals surface area contributed by atoms with Gasteiger partial charge in [-0.25, -0.2) is 0 Å². The van der Waals surface area contributed by atoms with Gasteiger partial charge >= 0.3 is 12.1 Å². The van der Waals surface area contributed by atoms with E-state index in [1.54, 1.807) is 12.1 Å². The number of esters is 1. The Balaban J connectivity index is 1.92. The predicted molar refractivity (Wildman–Crippen MR) is 107 cm³/mol. The molecule has 0 amide bonds. The number of methoxy groups -OCH3 is 1. The quantitative estimate of drug-likeness (QED) is 0.588. The largest absolute Gasteiger partial charge is 0.469 e. The molecule has 29 heavy (non-hydrogen) atoms. The Morgan fingerprint density at radius 1 is 1.03 bits per heavy atom. The summed E-state index contributed by atoms with van der Waals surface area (Å²) >= 11 is 0. The lowest BCUT2D eigenvalue weighted by Crippen LogP contribution is -2.41. The van der Waals surface area contributed by atoms with E-state index < -0.39 is 11.7 Å². The van der Waals surface area contributed by atoms with E-state index in [2.05, 4.69) is 30.9 Å². The fourth-order valence-corrected chi connectivity index (χ4v) is 3.91. The summed E-state index contributed by atoms with van der Waals surface area (Å²) in [6.07, 6.45) is -3.05. The molecule has 0 radical (unpaired) electrons. The number of hydrogen-bond donors (Lipinski definition) is 0. The number of alkyl halides is 3. The van der Waals surface area contributed by atoms with E-state index in [1.807, 2.05) is 12.1 Å². The molecule has 6 heteroatoms. The van der Waals surface area contributed by atoms with Crippen LogP contribution in [0, 0.1) is 5.92 Å². The molecule has 0 aromatic heterocycles. The van der Waals surface area contributed by atoms with Gasteiger partial charge in [-0.05, 0) is 54.2 Å². The highest BCUT2D eigenvalue weighted by Crippen LogP contribution is 2.39. The van der Waals surface area contributed by atoms with Gasteiger partial charge in [0.2, 0.25) is 0 Å². The van der Waals surface area contributed by atoms with Crippen LogP contribution in [0.15, 0.2) is 48.5 Å². The number of hydrogen-bond acceptors (Lipinski definition) is 3. The van der Waals surface area contributed by atoms with E-state index in [-0.39, 0.29) is 17.9 Å². The minimum atomic E-state index is -4.35. The number of rotatable bonds is 4. The Bertz CT molecular complexity index is 829. The molecule has 1 fully saturated rings. The van der Waals surface area contributed by atoms with Crippen molar-refractivity contribution in [3.63, 3.8) is 0 Å². The van der Waals surface area contributed by atoms with Crippen molar-refractivity contribution in [2.45, 2.75) is 44.8 Å². The highest BCUT2D eigenvalue weighted by Gasteiger charge is 2.35. The molecule has 1 heterocycles. The molecule has 2 atom stereocenters. The molecular weight excluding hydrogens is 379 g/mol. The lowest BCUT2D eigenvalue weighted by atomic mass is 9.88. The molecule has 0 aliphatic carbocycles. The Morgan fingerprint density at radius 2 is 1.66 bits per heavy atom. The van der Waals surface area contributed by atoms with Crippen LogP contribution in [0.25, 0.3) is 0 Å². The van der Waals surface area contributed by atoms with Gasteiger partial charge in [-0.3, -0.25) is 4.79 Å². The van der Waals surface area contributed by atoms with E-state index in [0.29, 0.717) is 25.3 Å². The predicted octanol–water partition coefficient (Wildman–Crippen LogP) is 5.96. The molecule has 3 rings (SSSR count). The molecule has 2 aromatic carbocycles. The van der Waals surface area contributed by atoms with Crippen molar-refractivity contribution >= 4 is 11.7 Å². The molecule has 1 saturated heterocycles. The zero-order chi connectivity index (χ0) is 21.2. The van der Waals surface area contributed by atoms with Gasteiger partial charge in [0.15, 0.2) is 0 Å². The van der Waals surface area contributed by atoms with Gasteiger partial charge in [0.25, 0.3) is 0 Å². The third-order valence-corrected chi connectivity index (χ3v) is 5.63. The van der Waals surface area contributed by atoms with Crippen LogP contribution in [0.1, 0.15) is 55.3 Å². The van der Waals surface area contributed by atoms with Crippen molar-refractivity contribution < 1.29 is 22.7 Å². The van der Waals surface area contributed by atoms with Crippen LogP contribution in [0.4, 0.5) is 18.9 Å². The maximum Gasteiger partial charge on any atom is 0.416 e. The Labute approximate surface area is 169 Å². The molecular formula is C23H26F3NO2. The summed E-state index contributed by atoms with van der Waals surface area (Å²) in [7, 11) is 1.38. The fraction of sp³-hybridized carbons (Fsp3) is 0.435. The Morgan fingerprint density at radius 3 is 2.17 bits per heavy atom. The van der Waals surface area contributed by atoms with Crippen molar-refractivity contribution in [3.8, 4) is 0 Å². The monoisotopic (exact) mass is 405 g/mol. The minimum absolute atomic E-state index is 0.0944. The van der Waals surface area contributed by atoms with E-state index >= 15 is 0 Å². The number of nitrogens with zero attached hydrogens (tertiary/aromatic N) is 1. The summed E-state index contributed by atoms with van der Waals surface area (Å²) in [5.41, 5.74) is 2.32. The molecule has 0 spiro atoms. The van der Waals surface area contributed by atoms with Crippen LogP contribution in [-0.4, -0.2) is 19.6 Å². The van der Waals surface area contributed by atoms with Crippen LogP contribution in [0.5, 0.6) is 0 Å². The summed E-state index contributed by atoms with van der Waals surface area (Å²) in [5, 5.41) is 0. The molecule has 1 aliphatic heterocycles. The normalized spacial score (nSPS) is 20.0. The lowest BCUT2D eigenvalue weighted by Gasteiger charge is -2.41. The Kier molecular flexibility index (Phi) is 6.20. The first-order valence-corrected chi connectivity index (χ1v) is 9.82. The van der Waals surface area contributed by atoms with Gasteiger partial charge in [0.05, 0.1) is 24.6 Å².